The molecule has 1 saturated heterocycles. The number of aliphatic hydroxyl groups excluding tert-OH is 1. The highest BCUT2D eigenvalue weighted by Gasteiger charge is 2.37. The lowest BCUT2D eigenvalue weighted by atomic mass is 9.97. The van der Waals surface area contributed by atoms with Crippen LogP contribution in [-0.2, 0) is 4.74 Å². The fraction of sp³-hybridized carbons (Fsp3) is 0.769. The number of allylic oxidation sites excluding steroid dienone is 1. The fourth-order valence-electron chi connectivity index (χ4n) is 2.20. The molecular formula is C13H23NO3. The van der Waals surface area contributed by atoms with E-state index in [2.05, 4.69) is 6.58 Å². The lowest BCUT2D eigenvalue weighted by molar-refractivity contribution is 0.0147. The SMILES string of the molecule is C=CC[C@H]1CCN(C(=O)OC(C)(C)C)[C@@H]1CO. The van der Waals surface area contributed by atoms with Gasteiger partial charge in [-0.05, 0) is 39.5 Å². The molecule has 0 aromatic carbocycles. The largest absolute Gasteiger partial charge is 0.444 e. The number of hydrogen-bond donors (Lipinski definition) is 1. The Morgan fingerprint density at radius 1 is 1.59 bits per heavy atom. The molecule has 1 rings (SSSR count). The zero-order chi connectivity index (χ0) is 13.1. The van der Waals surface area contributed by atoms with Crippen molar-refractivity contribution < 1.29 is 14.6 Å². The number of rotatable bonds is 3. The van der Waals surface area contributed by atoms with Crippen LogP contribution < -0.4 is 0 Å². The Bertz CT molecular complexity index is 283. The first kappa shape index (κ1) is 14.0. The third kappa shape index (κ3) is 3.73. The van der Waals surface area contributed by atoms with Crippen LogP contribution in [0.5, 0.6) is 0 Å². The predicted octanol–water partition coefficient (Wildman–Crippen LogP) is 2.18. The van der Waals surface area contributed by atoms with Crippen LogP contribution in [0, 0.1) is 5.92 Å². The van der Waals surface area contributed by atoms with Crippen LogP contribution in [0.1, 0.15) is 33.6 Å². The van der Waals surface area contributed by atoms with Crippen molar-refractivity contribution in [1.29, 1.82) is 0 Å². The molecule has 0 aromatic heterocycles. The lowest BCUT2D eigenvalue weighted by Gasteiger charge is -2.29. The average Bonchev–Trinajstić information content (AvgIpc) is 2.58. The molecule has 1 heterocycles. The maximum atomic E-state index is 11.9. The van der Waals surface area contributed by atoms with Crippen LogP contribution in [0.4, 0.5) is 4.79 Å². The Hall–Kier alpha value is -1.03. The smallest absolute Gasteiger partial charge is 0.410 e. The molecule has 0 spiro atoms. The lowest BCUT2D eigenvalue weighted by Crippen LogP contribution is -2.43. The topological polar surface area (TPSA) is 49.8 Å². The number of hydrogen-bond acceptors (Lipinski definition) is 3. The number of carbonyl (C=O) groups is 1. The third-order valence-corrected chi connectivity index (χ3v) is 2.97. The first-order chi connectivity index (χ1) is 7.89. The van der Waals surface area contributed by atoms with Crippen molar-refractivity contribution in [2.24, 2.45) is 5.92 Å². The summed E-state index contributed by atoms with van der Waals surface area (Å²) in [5.74, 6) is 0.296. The maximum Gasteiger partial charge on any atom is 0.410 e. The van der Waals surface area contributed by atoms with E-state index in [0.29, 0.717) is 12.5 Å². The van der Waals surface area contributed by atoms with Gasteiger partial charge in [-0.15, -0.1) is 6.58 Å². The van der Waals surface area contributed by atoms with E-state index >= 15 is 0 Å². The van der Waals surface area contributed by atoms with Crippen molar-refractivity contribution in [3.8, 4) is 0 Å². The van der Waals surface area contributed by atoms with E-state index in [1.54, 1.807) is 4.90 Å². The van der Waals surface area contributed by atoms with Gasteiger partial charge in [0.15, 0.2) is 0 Å². The molecule has 1 aliphatic rings. The quantitative estimate of drug-likeness (QED) is 0.770. The molecule has 1 amide bonds. The highest BCUT2D eigenvalue weighted by atomic mass is 16.6. The highest BCUT2D eigenvalue weighted by Crippen LogP contribution is 2.28. The minimum atomic E-state index is -0.492. The minimum absolute atomic E-state index is 0.0161. The van der Waals surface area contributed by atoms with Gasteiger partial charge in [-0.25, -0.2) is 4.79 Å². The van der Waals surface area contributed by atoms with Crippen LogP contribution in [0.25, 0.3) is 0 Å². The molecule has 2 atom stereocenters. The predicted molar refractivity (Wildman–Crippen MR) is 66.7 cm³/mol. The van der Waals surface area contributed by atoms with Crippen molar-refractivity contribution in [3.05, 3.63) is 12.7 Å². The Morgan fingerprint density at radius 2 is 2.24 bits per heavy atom. The number of carbonyl (C=O) groups excluding carboxylic acids is 1. The van der Waals surface area contributed by atoms with E-state index < -0.39 is 5.60 Å². The highest BCUT2D eigenvalue weighted by molar-refractivity contribution is 5.69. The third-order valence-electron chi connectivity index (χ3n) is 2.97. The Morgan fingerprint density at radius 3 is 2.71 bits per heavy atom. The second-order valence-electron chi connectivity index (χ2n) is 5.50. The zero-order valence-corrected chi connectivity index (χ0v) is 11.0. The first-order valence-electron chi connectivity index (χ1n) is 6.10. The van der Waals surface area contributed by atoms with Crippen LogP contribution in [0.3, 0.4) is 0 Å². The summed E-state index contributed by atoms with van der Waals surface area (Å²) in [6.07, 6.45) is 3.23. The van der Waals surface area contributed by atoms with Crippen molar-refractivity contribution in [3.63, 3.8) is 0 Å². The van der Waals surface area contributed by atoms with E-state index in [4.69, 9.17) is 4.74 Å². The normalized spacial score (nSPS) is 24.8. The molecule has 4 heteroatoms. The van der Waals surface area contributed by atoms with Gasteiger partial charge in [0.1, 0.15) is 5.60 Å². The summed E-state index contributed by atoms with van der Waals surface area (Å²) in [5.41, 5.74) is -0.492. The van der Waals surface area contributed by atoms with Crippen LogP contribution in [-0.4, -0.2) is 40.9 Å². The van der Waals surface area contributed by atoms with E-state index in [-0.39, 0.29) is 18.7 Å². The molecule has 1 N–H and O–H groups in total. The summed E-state index contributed by atoms with van der Waals surface area (Å²) in [4.78, 5) is 13.6. The van der Waals surface area contributed by atoms with Crippen molar-refractivity contribution in [1.82, 2.24) is 4.90 Å². The number of ether oxygens (including phenoxy) is 1. The van der Waals surface area contributed by atoms with Crippen LogP contribution >= 0.6 is 0 Å². The first-order valence-corrected chi connectivity index (χ1v) is 6.10. The average molecular weight is 241 g/mol. The van der Waals surface area contributed by atoms with Crippen LogP contribution in [0.2, 0.25) is 0 Å². The Labute approximate surface area is 103 Å². The van der Waals surface area contributed by atoms with Gasteiger partial charge < -0.3 is 14.7 Å². The fourth-order valence-corrected chi connectivity index (χ4v) is 2.20. The second kappa shape index (κ2) is 5.54. The van der Waals surface area contributed by atoms with Gasteiger partial charge in [0.05, 0.1) is 12.6 Å². The summed E-state index contributed by atoms with van der Waals surface area (Å²) in [5, 5.41) is 9.40. The zero-order valence-electron chi connectivity index (χ0n) is 11.0. The molecular weight excluding hydrogens is 218 g/mol. The maximum absolute atomic E-state index is 11.9. The van der Waals surface area contributed by atoms with Gasteiger partial charge in [0, 0.05) is 6.54 Å². The van der Waals surface area contributed by atoms with Gasteiger partial charge in [-0.1, -0.05) is 6.08 Å². The molecule has 1 aliphatic heterocycles. The standard InChI is InChI=1S/C13H23NO3/c1-5-6-10-7-8-14(11(10)9-15)12(16)17-13(2,3)4/h5,10-11,15H,1,6-9H2,2-4H3/t10-,11+/m0/s1. The summed E-state index contributed by atoms with van der Waals surface area (Å²) >= 11 is 0. The molecule has 0 bridgehead atoms. The number of amides is 1. The van der Waals surface area contributed by atoms with Crippen LogP contribution in [0.15, 0.2) is 12.7 Å². The molecule has 1 fully saturated rings. The van der Waals surface area contributed by atoms with Crippen molar-refractivity contribution in [2.75, 3.05) is 13.2 Å². The second-order valence-corrected chi connectivity index (χ2v) is 5.50. The molecule has 0 radical (unpaired) electrons. The molecule has 0 saturated carbocycles. The van der Waals surface area contributed by atoms with Gasteiger partial charge >= 0.3 is 6.09 Å². The molecule has 0 aliphatic carbocycles. The molecule has 17 heavy (non-hydrogen) atoms. The Balaban J connectivity index is 2.65. The summed E-state index contributed by atoms with van der Waals surface area (Å²) in [7, 11) is 0. The molecule has 98 valence electrons. The molecule has 0 unspecified atom stereocenters. The summed E-state index contributed by atoms with van der Waals surface area (Å²) in [6, 6.07) is -0.136. The molecule has 4 nitrogen and oxygen atoms in total. The number of likely N-dealkylation sites (tertiary alicyclic amines) is 1. The van der Waals surface area contributed by atoms with E-state index in [1.807, 2.05) is 26.8 Å². The van der Waals surface area contributed by atoms with E-state index in [1.165, 1.54) is 0 Å². The number of nitrogens with zero attached hydrogens (tertiary/aromatic N) is 1. The van der Waals surface area contributed by atoms with Gasteiger partial charge in [-0.3, -0.25) is 0 Å². The molecule has 0 aromatic rings. The van der Waals surface area contributed by atoms with Gasteiger partial charge in [0.2, 0.25) is 0 Å². The minimum Gasteiger partial charge on any atom is -0.444 e. The Kier molecular flexibility index (Phi) is 4.57. The monoisotopic (exact) mass is 241 g/mol. The number of aliphatic hydroxyl groups is 1. The van der Waals surface area contributed by atoms with Crippen molar-refractivity contribution in [2.45, 2.75) is 45.3 Å². The van der Waals surface area contributed by atoms with Gasteiger partial charge in [0.25, 0.3) is 0 Å². The summed E-state index contributed by atoms with van der Waals surface area (Å²) < 4.78 is 5.33. The van der Waals surface area contributed by atoms with E-state index in [9.17, 15) is 9.90 Å². The van der Waals surface area contributed by atoms with Crippen molar-refractivity contribution >= 4 is 6.09 Å². The van der Waals surface area contributed by atoms with Gasteiger partial charge in [-0.2, -0.15) is 0 Å². The van der Waals surface area contributed by atoms with E-state index in [0.717, 1.165) is 12.8 Å². The summed E-state index contributed by atoms with van der Waals surface area (Å²) in [6.45, 7) is 9.87.